The van der Waals surface area contributed by atoms with Crippen molar-refractivity contribution in [3.8, 4) is 0 Å². The van der Waals surface area contributed by atoms with Crippen LogP contribution in [0.4, 0.5) is 0 Å². The van der Waals surface area contributed by atoms with Crippen molar-refractivity contribution in [1.29, 1.82) is 0 Å². The van der Waals surface area contributed by atoms with Gasteiger partial charge in [-0.05, 0) is 24.6 Å². The number of carbonyl (C=O) groups excluding carboxylic acids is 1. The summed E-state index contributed by atoms with van der Waals surface area (Å²) in [5.41, 5.74) is 0.455. The van der Waals surface area contributed by atoms with E-state index in [4.69, 9.17) is 11.6 Å². The van der Waals surface area contributed by atoms with Gasteiger partial charge in [0.2, 0.25) is 15.9 Å². The van der Waals surface area contributed by atoms with Gasteiger partial charge in [-0.2, -0.15) is 4.31 Å². The molecule has 2 rings (SSSR count). The lowest BCUT2D eigenvalue weighted by Gasteiger charge is -2.37. The molecule has 1 saturated heterocycles. The maximum absolute atomic E-state index is 12.7. The van der Waals surface area contributed by atoms with Crippen LogP contribution in [0.3, 0.4) is 0 Å². The number of amides is 1. The lowest BCUT2D eigenvalue weighted by Crippen LogP contribution is -2.52. The Bertz CT molecular complexity index is 703. The zero-order valence-corrected chi connectivity index (χ0v) is 15.5. The summed E-state index contributed by atoms with van der Waals surface area (Å²) in [5.74, 6) is 0.0444. The number of hydrogen-bond donors (Lipinski definition) is 0. The van der Waals surface area contributed by atoms with Gasteiger partial charge in [0.1, 0.15) is 4.90 Å². The molecule has 23 heavy (non-hydrogen) atoms. The van der Waals surface area contributed by atoms with E-state index in [2.05, 4.69) is 0 Å². The summed E-state index contributed by atoms with van der Waals surface area (Å²) in [7, 11) is -3.63. The number of rotatable bonds is 2. The van der Waals surface area contributed by atoms with E-state index in [1.54, 1.807) is 23.1 Å². The molecule has 0 aliphatic carbocycles. The van der Waals surface area contributed by atoms with Crippen molar-refractivity contribution in [2.24, 2.45) is 5.41 Å². The molecule has 0 aromatic heterocycles. The van der Waals surface area contributed by atoms with Gasteiger partial charge in [-0.1, -0.05) is 38.4 Å². The highest BCUT2D eigenvalue weighted by atomic mass is 35.5. The van der Waals surface area contributed by atoms with Crippen LogP contribution in [0.15, 0.2) is 23.1 Å². The van der Waals surface area contributed by atoms with Gasteiger partial charge in [-0.25, -0.2) is 8.42 Å². The molecule has 5 nitrogen and oxygen atoms in total. The SMILES string of the molecule is Cc1ccc(S(=O)(=O)N2CCN(C(=O)C(C)(C)C)CC2)c(Cl)c1. The second kappa shape index (κ2) is 6.42. The van der Waals surface area contributed by atoms with E-state index in [9.17, 15) is 13.2 Å². The second-order valence-electron chi connectivity index (χ2n) is 6.88. The molecule has 0 unspecified atom stereocenters. The topological polar surface area (TPSA) is 57.7 Å². The van der Waals surface area contributed by atoms with Crippen LogP contribution < -0.4 is 0 Å². The van der Waals surface area contributed by atoms with Gasteiger partial charge >= 0.3 is 0 Å². The minimum atomic E-state index is -3.63. The summed E-state index contributed by atoms with van der Waals surface area (Å²) in [4.78, 5) is 14.1. The van der Waals surface area contributed by atoms with E-state index >= 15 is 0 Å². The number of aryl methyl sites for hydroxylation is 1. The minimum absolute atomic E-state index is 0.0444. The van der Waals surface area contributed by atoms with Crippen LogP contribution in [0.5, 0.6) is 0 Å². The molecule has 128 valence electrons. The monoisotopic (exact) mass is 358 g/mol. The average Bonchev–Trinajstić information content (AvgIpc) is 2.45. The quantitative estimate of drug-likeness (QED) is 0.816. The molecule has 0 N–H and O–H groups in total. The summed E-state index contributed by atoms with van der Waals surface area (Å²) in [6.07, 6.45) is 0. The highest BCUT2D eigenvalue weighted by molar-refractivity contribution is 7.89. The fourth-order valence-electron chi connectivity index (χ4n) is 2.56. The third-order valence-electron chi connectivity index (χ3n) is 3.87. The third-order valence-corrected chi connectivity index (χ3v) is 6.25. The minimum Gasteiger partial charge on any atom is -0.340 e. The molecule has 1 aliphatic rings. The molecule has 1 fully saturated rings. The van der Waals surface area contributed by atoms with Crippen LogP contribution in [0.2, 0.25) is 5.02 Å². The van der Waals surface area contributed by atoms with Crippen molar-refractivity contribution in [2.75, 3.05) is 26.2 Å². The fourth-order valence-corrected chi connectivity index (χ4v) is 4.56. The Balaban J connectivity index is 2.14. The summed E-state index contributed by atoms with van der Waals surface area (Å²) in [6.45, 7) is 8.83. The van der Waals surface area contributed by atoms with Gasteiger partial charge < -0.3 is 4.90 Å². The van der Waals surface area contributed by atoms with Crippen molar-refractivity contribution >= 4 is 27.5 Å². The molecule has 1 aliphatic heterocycles. The molecule has 1 aromatic carbocycles. The molecule has 0 saturated carbocycles. The van der Waals surface area contributed by atoms with Crippen molar-refractivity contribution < 1.29 is 13.2 Å². The first-order valence-electron chi connectivity index (χ1n) is 7.59. The summed E-state index contributed by atoms with van der Waals surface area (Å²) >= 11 is 6.10. The van der Waals surface area contributed by atoms with Crippen molar-refractivity contribution in [2.45, 2.75) is 32.6 Å². The predicted octanol–water partition coefficient (Wildman–Crippen LogP) is 2.53. The van der Waals surface area contributed by atoms with Crippen LogP contribution >= 0.6 is 11.6 Å². The number of piperazine rings is 1. The van der Waals surface area contributed by atoms with E-state index in [0.29, 0.717) is 13.1 Å². The molecular weight excluding hydrogens is 336 g/mol. The van der Waals surface area contributed by atoms with Gasteiger partial charge in [-0.3, -0.25) is 4.79 Å². The average molecular weight is 359 g/mol. The standard InChI is InChI=1S/C16H23ClN2O3S/c1-12-5-6-14(13(17)11-12)23(21,22)19-9-7-18(8-10-19)15(20)16(2,3)4/h5-6,11H,7-10H2,1-4H3. The van der Waals surface area contributed by atoms with Crippen molar-refractivity contribution in [3.63, 3.8) is 0 Å². The fraction of sp³-hybridized carbons (Fsp3) is 0.562. The summed E-state index contributed by atoms with van der Waals surface area (Å²) < 4.78 is 26.9. The highest BCUT2D eigenvalue weighted by Crippen LogP contribution is 2.27. The Kier molecular flexibility index (Phi) is 5.09. The van der Waals surface area contributed by atoms with Crippen LogP contribution in [-0.2, 0) is 14.8 Å². The zero-order chi connectivity index (χ0) is 17.4. The first kappa shape index (κ1) is 18.2. The summed E-state index contributed by atoms with van der Waals surface area (Å²) in [6, 6.07) is 4.92. The number of carbonyl (C=O) groups is 1. The summed E-state index contributed by atoms with van der Waals surface area (Å²) in [5, 5.41) is 0.234. The molecule has 7 heteroatoms. The Morgan fingerprint density at radius 1 is 1.13 bits per heavy atom. The highest BCUT2D eigenvalue weighted by Gasteiger charge is 2.34. The molecular formula is C16H23ClN2O3S. The van der Waals surface area contributed by atoms with Gasteiger partial charge in [0.25, 0.3) is 0 Å². The van der Waals surface area contributed by atoms with Crippen LogP contribution in [0.1, 0.15) is 26.3 Å². The Hall–Kier alpha value is -1.11. The number of nitrogens with zero attached hydrogens (tertiary/aromatic N) is 2. The Morgan fingerprint density at radius 3 is 2.17 bits per heavy atom. The number of halogens is 1. The first-order valence-corrected chi connectivity index (χ1v) is 9.41. The van der Waals surface area contributed by atoms with Gasteiger partial charge in [0.05, 0.1) is 5.02 Å². The zero-order valence-electron chi connectivity index (χ0n) is 14.0. The van der Waals surface area contributed by atoms with Crippen LogP contribution in [-0.4, -0.2) is 49.7 Å². The Morgan fingerprint density at radius 2 is 1.70 bits per heavy atom. The van der Waals surface area contributed by atoms with Crippen molar-refractivity contribution in [1.82, 2.24) is 9.21 Å². The van der Waals surface area contributed by atoms with Crippen molar-refractivity contribution in [3.05, 3.63) is 28.8 Å². The van der Waals surface area contributed by atoms with Crippen LogP contribution in [0.25, 0.3) is 0 Å². The molecule has 0 bridgehead atoms. The van der Waals surface area contributed by atoms with Gasteiger partial charge in [0, 0.05) is 31.6 Å². The molecule has 1 amide bonds. The predicted molar refractivity (Wildman–Crippen MR) is 91.0 cm³/mol. The van der Waals surface area contributed by atoms with Gasteiger partial charge in [0.15, 0.2) is 0 Å². The number of sulfonamides is 1. The number of hydrogen-bond acceptors (Lipinski definition) is 3. The molecule has 0 atom stereocenters. The number of benzene rings is 1. The molecule has 0 spiro atoms. The van der Waals surface area contributed by atoms with E-state index < -0.39 is 15.4 Å². The van der Waals surface area contributed by atoms with E-state index in [1.807, 2.05) is 27.7 Å². The maximum atomic E-state index is 12.7. The van der Waals surface area contributed by atoms with E-state index in [1.165, 1.54) is 4.31 Å². The lowest BCUT2D eigenvalue weighted by atomic mass is 9.94. The maximum Gasteiger partial charge on any atom is 0.244 e. The third kappa shape index (κ3) is 3.87. The molecule has 1 aromatic rings. The van der Waals surface area contributed by atoms with E-state index in [-0.39, 0.29) is 28.9 Å². The first-order chi connectivity index (χ1) is 10.5. The second-order valence-corrected chi connectivity index (χ2v) is 9.19. The normalized spacial score (nSPS) is 17.3. The Labute approximate surface area is 143 Å². The van der Waals surface area contributed by atoms with Gasteiger partial charge in [-0.15, -0.1) is 0 Å². The molecule has 1 heterocycles. The van der Waals surface area contributed by atoms with E-state index in [0.717, 1.165) is 5.56 Å². The molecule has 0 radical (unpaired) electrons. The lowest BCUT2D eigenvalue weighted by molar-refractivity contribution is -0.140. The smallest absolute Gasteiger partial charge is 0.244 e. The largest absolute Gasteiger partial charge is 0.340 e. The van der Waals surface area contributed by atoms with Crippen LogP contribution in [0, 0.1) is 12.3 Å².